The molecular weight excluding hydrogens is 497 g/mol. The summed E-state index contributed by atoms with van der Waals surface area (Å²) in [4.78, 5) is 55.9. The highest BCUT2D eigenvalue weighted by atomic mass is 19.1. The van der Waals surface area contributed by atoms with Gasteiger partial charge in [-0.05, 0) is 49.6 Å². The predicted octanol–water partition coefficient (Wildman–Crippen LogP) is 3.43. The van der Waals surface area contributed by atoms with Crippen molar-refractivity contribution in [2.45, 2.75) is 38.3 Å². The first-order valence-corrected chi connectivity index (χ1v) is 12.3. The van der Waals surface area contributed by atoms with E-state index in [9.17, 15) is 28.9 Å². The SMILES string of the molecule is COC(=O)C1C(=O)N=C(C)C(C(=O)OC2CCCN(Cc3ccc(F)cc3)C2)C1c1cccc([N+](=O)[O-])c1. The van der Waals surface area contributed by atoms with E-state index in [1.54, 1.807) is 12.1 Å². The van der Waals surface area contributed by atoms with Gasteiger partial charge in [0, 0.05) is 36.9 Å². The Morgan fingerprint density at radius 3 is 2.58 bits per heavy atom. The number of piperidine rings is 1. The van der Waals surface area contributed by atoms with Crippen LogP contribution in [0.4, 0.5) is 10.1 Å². The molecule has 0 N–H and O–H groups in total. The first-order chi connectivity index (χ1) is 18.2. The number of nitro groups is 1. The largest absolute Gasteiger partial charge is 0.468 e. The number of carbonyl (C=O) groups excluding carboxylic acids is 3. The molecule has 2 aromatic rings. The van der Waals surface area contributed by atoms with Gasteiger partial charge in [-0.25, -0.2) is 9.38 Å². The summed E-state index contributed by atoms with van der Waals surface area (Å²) in [6.45, 7) is 3.30. The minimum Gasteiger partial charge on any atom is -0.468 e. The normalized spacial score (nSPS) is 23.9. The first kappa shape index (κ1) is 27.1. The maximum Gasteiger partial charge on any atom is 0.318 e. The molecule has 2 heterocycles. The number of nitrogens with zero attached hydrogens (tertiary/aromatic N) is 3. The number of hydrogen-bond acceptors (Lipinski definition) is 8. The quantitative estimate of drug-likeness (QED) is 0.233. The Labute approximate surface area is 218 Å². The van der Waals surface area contributed by atoms with Crippen LogP contribution in [0.15, 0.2) is 53.5 Å². The number of nitro benzene ring substituents is 1. The van der Waals surface area contributed by atoms with Crippen LogP contribution in [-0.2, 0) is 30.4 Å². The molecule has 4 unspecified atom stereocenters. The van der Waals surface area contributed by atoms with E-state index < -0.39 is 46.6 Å². The minimum absolute atomic E-state index is 0.163. The van der Waals surface area contributed by atoms with Crippen molar-refractivity contribution in [2.75, 3.05) is 20.2 Å². The molecule has 200 valence electrons. The second kappa shape index (κ2) is 11.6. The van der Waals surface area contributed by atoms with Crippen molar-refractivity contribution in [3.05, 3.63) is 75.6 Å². The molecule has 10 nitrogen and oxygen atoms in total. The lowest BCUT2D eigenvalue weighted by atomic mass is 9.72. The van der Waals surface area contributed by atoms with Crippen LogP contribution in [0.5, 0.6) is 0 Å². The smallest absolute Gasteiger partial charge is 0.318 e. The zero-order valence-electron chi connectivity index (χ0n) is 21.0. The highest BCUT2D eigenvalue weighted by molar-refractivity contribution is 6.14. The minimum atomic E-state index is -1.45. The van der Waals surface area contributed by atoms with E-state index >= 15 is 0 Å². The van der Waals surface area contributed by atoms with Crippen LogP contribution in [0.2, 0.25) is 0 Å². The third-order valence-corrected chi connectivity index (χ3v) is 6.96. The van der Waals surface area contributed by atoms with Gasteiger partial charge in [0.2, 0.25) is 0 Å². The summed E-state index contributed by atoms with van der Waals surface area (Å²) in [6.07, 6.45) is 0.939. The number of aliphatic imine (C=N–C) groups is 1. The molecule has 0 aliphatic carbocycles. The monoisotopic (exact) mass is 525 g/mol. The molecule has 2 aliphatic rings. The van der Waals surface area contributed by atoms with Crippen LogP contribution < -0.4 is 0 Å². The highest BCUT2D eigenvalue weighted by Gasteiger charge is 2.49. The number of halogens is 1. The predicted molar refractivity (Wildman–Crippen MR) is 134 cm³/mol. The van der Waals surface area contributed by atoms with Gasteiger partial charge in [-0.2, -0.15) is 0 Å². The van der Waals surface area contributed by atoms with Crippen molar-refractivity contribution in [3.8, 4) is 0 Å². The maximum atomic E-state index is 13.6. The van der Waals surface area contributed by atoms with Gasteiger partial charge in [0.05, 0.1) is 12.0 Å². The zero-order chi connectivity index (χ0) is 27.4. The molecule has 4 atom stereocenters. The number of ether oxygens (including phenoxy) is 2. The summed E-state index contributed by atoms with van der Waals surface area (Å²) in [5.41, 5.74) is 1.12. The van der Waals surface area contributed by atoms with Gasteiger partial charge in [0.1, 0.15) is 23.8 Å². The lowest BCUT2D eigenvalue weighted by molar-refractivity contribution is -0.384. The fourth-order valence-electron chi connectivity index (χ4n) is 5.18. The molecule has 2 aromatic carbocycles. The van der Waals surface area contributed by atoms with E-state index in [1.165, 1.54) is 43.3 Å². The number of rotatable bonds is 7. The van der Waals surface area contributed by atoms with Crippen LogP contribution in [-0.4, -0.2) is 59.7 Å². The van der Waals surface area contributed by atoms with Crippen molar-refractivity contribution >= 4 is 29.2 Å². The maximum absolute atomic E-state index is 13.6. The van der Waals surface area contributed by atoms with Crippen molar-refractivity contribution < 1.29 is 33.2 Å². The Balaban J connectivity index is 1.58. The fourth-order valence-corrected chi connectivity index (χ4v) is 5.18. The van der Waals surface area contributed by atoms with E-state index in [4.69, 9.17) is 9.47 Å². The van der Waals surface area contributed by atoms with Crippen molar-refractivity contribution in [3.63, 3.8) is 0 Å². The topological polar surface area (TPSA) is 128 Å². The van der Waals surface area contributed by atoms with E-state index in [0.29, 0.717) is 19.5 Å². The fraction of sp³-hybridized carbons (Fsp3) is 0.407. The summed E-state index contributed by atoms with van der Waals surface area (Å²) < 4.78 is 24.0. The van der Waals surface area contributed by atoms with Crippen LogP contribution in [0.25, 0.3) is 0 Å². The van der Waals surface area contributed by atoms with Crippen LogP contribution in [0, 0.1) is 27.8 Å². The number of esters is 2. The number of carbonyl (C=O) groups is 3. The molecule has 38 heavy (non-hydrogen) atoms. The van der Waals surface area contributed by atoms with E-state index in [-0.39, 0.29) is 22.8 Å². The number of hydrogen-bond donors (Lipinski definition) is 0. The van der Waals surface area contributed by atoms with Crippen molar-refractivity contribution in [1.29, 1.82) is 0 Å². The average Bonchev–Trinajstić information content (AvgIpc) is 2.89. The van der Waals surface area contributed by atoms with Crippen molar-refractivity contribution in [1.82, 2.24) is 4.90 Å². The van der Waals surface area contributed by atoms with Gasteiger partial charge in [-0.15, -0.1) is 0 Å². The summed E-state index contributed by atoms with van der Waals surface area (Å²) >= 11 is 0. The molecule has 1 amide bonds. The summed E-state index contributed by atoms with van der Waals surface area (Å²) in [5.74, 6) is -6.31. The van der Waals surface area contributed by atoms with Crippen LogP contribution in [0.1, 0.15) is 36.8 Å². The molecule has 0 aromatic heterocycles. The standard InChI is InChI=1S/C27H28FN3O7/c1-16-22(27(34)38-21-7-4-12-30(15-21)14-17-8-10-19(28)11-9-17)23(24(25(32)29-16)26(33)37-2)18-5-3-6-20(13-18)31(35)36/h3,5-6,8-11,13,21-24H,4,7,12,14-15H2,1-2H3. The summed E-state index contributed by atoms with van der Waals surface area (Å²) in [6, 6.07) is 11.7. The third kappa shape index (κ3) is 5.94. The lowest BCUT2D eigenvalue weighted by Crippen LogP contribution is -2.47. The summed E-state index contributed by atoms with van der Waals surface area (Å²) in [7, 11) is 1.12. The second-order valence-corrected chi connectivity index (χ2v) is 9.51. The van der Waals surface area contributed by atoms with Gasteiger partial charge in [-0.3, -0.25) is 29.4 Å². The molecule has 0 saturated carbocycles. The molecule has 11 heteroatoms. The molecule has 2 aliphatic heterocycles. The van der Waals surface area contributed by atoms with E-state index in [0.717, 1.165) is 25.6 Å². The first-order valence-electron chi connectivity index (χ1n) is 12.3. The van der Waals surface area contributed by atoms with E-state index in [2.05, 4.69) is 9.89 Å². The number of likely N-dealkylation sites (tertiary alicyclic amines) is 1. The number of methoxy groups -OCH3 is 1. The second-order valence-electron chi connectivity index (χ2n) is 9.51. The average molecular weight is 526 g/mol. The Hall–Kier alpha value is -3.99. The van der Waals surface area contributed by atoms with Crippen LogP contribution >= 0.6 is 0 Å². The Morgan fingerprint density at radius 1 is 1.16 bits per heavy atom. The number of amides is 1. The third-order valence-electron chi connectivity index (χ3n) is 6.96. The molecule has 0 spiro atoms. The number of non-ortho nitro benzene ring substituents is 1. The van der Waals surface area contributed by atoms with Gasteiger partial charge in [0.15, 0.2) is 0 Å². The molecule has 1 saturated heterocycles. The van der Waals surface area contributed by atoms with E-state index in [1.807, 2.05) is 0 Å². The van der Waals surface area contributed by atoms with Gasteiger partial charge in [0.25, 0.3) is 11.6 Å². The Kier molecular flexibility index (Phi) is 8.26. The highest BCUT2D eigenvalue weighted by Crippen LogP contribution is 2.40. The molecule has 4 rings (SSSR count). The van der Waals surface area contributed by atoms with Gasteiger partial charge in [-0.1, -0.05) is 24.3 Å². The molecule has 0 radical (unpaired) electrons. The van der Waals surface area contributed by atoms with Crippen LogP contribution in [0.3, 0.4) is 0 Å². The lowest BCUT2D eigenvalue weighted by Gasteiger charge is -2.36. The molecule has 0 bridgehead atoms. The van der Waals surface area contributed by atoms with Gasteiger partial charge < -0.3 is 9.47 Å². The molecule has 1 fully saturated rings. The Morgan fingerprint density at radius 2 is 1.89 bits per heavy atom. The zero-order valence-corrected chi connectivity index (χ0v) is 21.0. The van der Waals surface area contributed by atoms with Gasteiger partial charge >= 0.3 is 11.9 Å². The summed E-state index contributed by atoms with van der Waals surface area (Å²) in [5, 5.41) is 11.4. The molecular formula is C27H28FN3O7. The Bertz CT molecular complexity index is 1260. The number of benzene rings is 2. The van der Waals surface area contributed by atoms with Crippen molar-refractivity contribution in [2.24, 2.45) is 16.8 Å².